The summed E-state index contributed by atoms with van der Waals surface area (Å²) < 4.78 is 23.2. The maximum absolute atomic E-state index is 12.5. The maximum atomic E-state index is 12.5. The van der Waals surface area contributed by atoms with Crippen molar-refractivity contribution in [2.24, 2.45) is 0 Å². The summed E-state index contributed by atoms with van der Waals surface area (Å²) in [7, 11) is -2.69. The molecule has 0 unspecified atom stereocenters. The van der Waals surface area contributed by atoms with E-state index >= 15 is 0 Å². The molecule has 0 atom stereocenters. The molecule has 228 valence electrons. The number of hydrogen-bond acceptors (Lipinski definition) is 8. The summed E-state index contributed by atoms with van der Waals surface area (Å²) in [4.78, 5) is 21.1. The Balaban J connectivity index is 0.000000291. The molecular weight excluding hydrogens is 712 g/mol. The van der Waals surface area contributed by atoms with E-state index < -0.39 is 8.80 Å². The Morgan fingerprint density at radius 2 is 1.32 bits per heavy atom. The standard InChI is InChI=1S/C22H30O6Si.C12H8N2.Eu/c1-4-26-29(27-5-2,28-6-3)16-10-15-25-19-13-14-20(21(23)17-19)22(24)18-11-8-7-9-12-18;1-3-9-5-6-10-4-2-8-14-12(10)11(9)13-7-1;/h7-9,11-14,17,23H,4-6,10,15-16H2,1-3H3;1-8H;/q;;+3/p-1. The predicted octanol–water partition coefficient (Wildman–Crippen LogP) is 6.59. The van der Waals surface area contributed by atoms with Crippen molar-refractivity contribution in [2.45, 2.75) is 33.2 Å². The molecule has 0 N–H and O–H groups in total. The van der Waals surface area contributed by atoms with Crippen LogP contribution >= 0.6 is 0 Å². The molecule has 44 heavy (non-hydrogen) atoms. The Kier molecular flexibility index (Phi) is 15.0. The predicted molar refractivity (Wildman–Crippen MR) is 168 cm³/mol. The second kappa shape index (κ2) is 18.4. The first kappa shape index (κ1) is 35.9. The van der Waals surface area contributed by atoms with Gasteiger partial charge in [-0.3, -0.25) is 14.8 Å². The molecule has 0 amide bonds. The molecule has 10 heteroatoms. The third-order valence-corrected chi connectivity index (χ3v) is 9.72. The van der Waals surface area contributed by atoms with Gasteiger partial charge in [0.15, 0.2) is 5.78 Å². The average molecular weight is 750 g/mol. The van der Waals surface area contributed by atoms with Gasteiger partial charge in [-0.05, 0) is 57.5 Å². The van der Waals surface area contributed by atoms with Crippen LogP contribution in [0.3, 0.4) is 0 Å². The molecule has 8 nitrogen and oxygen atoms in total. The Morgan fingerprint density at radius 1 is 0.750 bits per heavy atom. The Labute approximate surface area is 300 Å². The molecule has 0 aliphatic carbocycles. The van der Waals surface area contributed by atoms with E-state index in [-0.39, 0.29) is 66.5 Å². The zero-order chi connectivity index (χ0) is 30.5. The molecule has 0 saturated heterocycles. The molecule has 0 radical (unpaired) electrons. The van der Waals surface area contributed by atoms with E-state index in [2.05, 4.69) is 34.2 Å². The summed E-state index contributed by atoms with van der Waals surface area (Å²) in [6.07, 6.45) is 4.28. The van der Waals surface area contributed by atoms with E-state index in [9.17, 15) is 9.90 Å². The summed E-state index contributed by atoms with van der Waals surface area (Å²) in [5.74, 6) is -0.197. The quantitative estimate of drug-likeness (QED) is 0.0576. The van der Waals surface area contributed by atoms with Crippen LogP contribution in [0.2, 0.25) is 6.04 Å². The third kappa shape index (κ3) is 9.71. The SMILES string of the molecule is CCO[Si](CCCOc1ccc(C(=O)c2ccccc2)c([O-])c1)(OCC)OCC.[Eu+3].c1cnc2c(c1)ccc1cccnc12. The van der Waals surface area contributed by atoms with Crippen LogP contribution < -0.4 is 9.84 Å². The van der Waals surface area contributed by atoms with Gasteiger partial charge in [0, 0.05) is 60.2 Å². The third-order valence-electron chi connectivity index (χ3n) is 6.57. The maximum Gasteiger partial charge on any atom is 3.00 e. The van der Waals surface area contributed by atoms with E-state index in [1.165, 1.54) is 12.1 Å². The molecule has 0 bridgehead atoms. The van der Waals surface area contributed by atoms with Gasteiger partial charge in [-0.2, -0.15) is 0 Å². The van der Waals surface area contributed by atoms with Crippen LogP contribution in [0.15, 0.2) is 97.3 Å². The number of ketones is 1. The average Bonchev–Trinajstić information content (AvgIpc) is 3.04. The monoisotopic (exact) mass is 750 g/mol. The van der Waals surface area contributed by atoms with E-state index in [1.807, 2.05) is 39.0 Å². The fraction of sp³-hybridized carbons (Fsp3) is 0.265. The fourth-order valence-corrected chi connectivity index (χ4v) is 7.26. The van der Waals surface area contributed by atoms with Crippen molar-refractivity contribution in [3.63, 3.8) is 0 Å². The summed E-state index contributed by atoms with van der Waals surface area (Å²) in [5.41, 5.74) is 2.58. The smallest absolute Gasteiger partial charge is 0.872 e. The number of rotatable bonds is 13. The number of aromatic nitrogens is 2. The van der Waals surface area contributed by atoms with Crippen LogP contribution in [0.4, 0.5) is 0 Å². The number of hydrogen-bond donors (Lipinski definition) is 0. The van der Waals surface area contributed by atoms with Crippen LogP contribution in [0.5, 0.6) is 11.5 Å². The Hall–Kier alpha value is -2.57. The van der Waals surface area contributed by atoms with E-state index in [0.717, 1.165) is 21.8 Å². The molecular formula is C34H37EuN2O6Si+2. The topological polar surface area (TPSA) is 103 Å². The van der Waals surface area contributed by atoms with Crippen LogP contribution in [-0.2, 0) is 13.3 Å². The summed E-state index contributed by atoms with van der Waals surface area (Å²) >= 11 is 0. The fourth-order valence-electron chi connectivity index (χ4n) is 4.68. The van der Waals surface area contributed by atoms with Crippen molar-refractivity contribution in [1.29, 1.82) is 0 Å². The molecule has 3 aromatic carbocycles. The zero-order valence-corrected chi connectivity index (χ0v) is 28.6. The molecule has 0 aliphatic rings. The molecule has 0 fully saturated rings. The number of nitrogens with zero attached hydrogens (tertiary/aromatic N) is 2. The van der Waals surface area contributed by atoms with Crippen LogP contribution in [0, 0.1) is 49.4 Å². The van der Waals surface area contributed by atoms with E-state index in [4.69, 9.17) is 18.0 Å². The molecule has 5 aromatic rings. The molecule has 0 saturated carbocycles. The first-order chi connectivity index (χ1) is 21.0. The van der Waals surface area contributed by atoms with Crippen molar-refractivity contribution in [3.8, 4) is 11.5 Å². The van der Waals surface area contributed by atoms with Crippen molar-refractivity contribution in [2.75, 3.05) is 26.4 Å². The minimum absolute atomic E-state index is 0. The largest absolute Gasteiger partial charge is 3.00 e. The van der Waals surface area contributed by atoms with Gasteiger partial charge in [-0.25, -0.2) is 0 Å². The summed E-state index contributed by atoms with van der Waals surface area (Å²) in [6.45, 7) is 7.75. The molecule has 2 heterocycles. The number of carbonyl (C=O) groups excluding carboxylic acids is 1. The second-order valence-corrected chi connectivity index (χ2v) is 12.2. The first-order valence-corrected chi connectivity index (χ1v) is 16.5. The van der Waals surface area contributed by atoms with Crippen LogP contribution in [-0.4, -0.2) is 51.0 Å². The van der Waals surface area contributed by atoms with Gasteiger partial charge in [0.25, 0.3) is 0 Å². The number of ether oxygens (including phenoxy) is 1. The van der Waals surface area contributed by atoms with Gasteiger partial charge in [-0.15, -0.1) is 0 Å². The molecule has 5 rings (SSSR count). The van der Waals surface area contributed by atoms with Crippen molar-refractivity contribution < 1.29 is 77.3 Å². The van der Waals surface area contributed by atoms with Gasteiger partial charge in [0.2, 0.25) is 0 Å². The van der Waals surface area contributed by atoms with Crippen molar-refractivity contribution in [3.05, 3.63) is 108 Å². The normalized spacial score (nSPS) is 11.0. The van der Waals surface area contributed by atoms with Gasteiger partial charge >= 0.3 is 58.2 Å². The van der Waals surface area contributed by atoms with E-state index in [1.54, 1.807) is 42.7 Å². The first-order valence-electron chi connectivity index (χ1n) is 14.5. The zero-order valence-electron chi connectivity index (χ0n) is 25.2. The van der Waals surface area contributed by atoms with Crippen LogP contribution in [0.25, 0.3) is 21.8 Å². The number of benzene rings is 3. The van der Waals surface area contributed by atoms with Crippen LogP contribution in [0.1, 0.15) is 43.1 Å². The molecule has 0 aliphatic heterocycles. The van der Waals surface area contributed by atoms with Gasteiger partial charge < -0.3 is 23.1 Å². The van der Waals surface area contributed by atoms with Crippen molar-refractivity contribution in [1.82, 2.24) is 9.97 Å². The van der Waals surface area contributed by atoms with E-state index in [0.29, 0.717) is 50.2 Å². The number of pyridine rings is 2. The summed E-state index contributed by atoms with van der Waals surface area (Å²) in [6, 6.07) is 26.0. The Morgan fingerprint density at radius 3 is 1.84 bits per heavy atom. The summed E-state index contributed by atoms with van der Waals surface area (Å²) in [5, 5.41) is 14.6. The minimum Gasteiger partial charge on any atom is -0.872 e. The second-order valence-electron chi connectivity index (χ2n) is 9.50. The molecule has 2 aromatic heterocycles. The minimum atomic E-state index is -2.69. The van der Waals surface area contributed by atoms with Gasteiger partial charge in [-0.1, -0.05) is 60.3 Å². The van der Waals surface area contributed by atoms with Gasteiger partial charge in [0.05, 0.1) is 17.6 Å². The van der Waals surface area contributed by atoms with Gasteiger partial charge in [0.1, 0.15) is 5.75 Å². The van der Waals surface area contributed by atoms with Crippen molar-refractivity contribution >= 4 is 36.4 Å². The number of fused-ring (bicyclic) bond motifs is 3. The number of carbonyl (C=O) groups is 1. The molecule has 0 spiro atoms. The Bertz CT molecular complexity index is 1550.